The molecule has 1 saturated carbocycles. The maximum atomic E-state index is 14.4. The summed E-state index contributed by atoms with van der Waals surface area (Å²) in [5, 5.41) is 48.3. The number of hydrogen-bond donors (Lipinski definition) is 13. The topological polar surface area (TPSA) is 408 Å². The van der Waals surface area contributed by atoms with Crippen LogP contribution in [0.2, 0.25) is 0 Å². The van der Waals surface area contributed by atoms with Crippen molar-refractivity contribution in [2.24, 2.45) is 64.4 Å². The van der Waals surface area contributed by atoms with Crippen molar-refractivity contribution in [1.29, 1.82) is 0 Å². The lowest BCUT2D eigenvalue weighted by Crippen LogP contribution is -2.57. The highest BCUT2D eigenvalue weighted by atomic mass is 16.3. The molecule has 1 saturated heterocycles. The van der Waals surface area contributed by atoms with Gasteiger partial charge in [-0.1, -0.05) is 47.0 Å². The summed E-state index contributed by atoms with van der Waals surface area (Å²) in [6.45, 7) is 9.28. The third-order valence-corrected chi connectivity index (χ3v) is 14.2. The highest BCUT2D eigenvalue weighted by Gasteiger charge is 2.38. The number of carbonyl (C=O) groups excluding carboxylic acids is 10. The van der Waals surface area contributed by atoms with Crippen LogP contribution in [0, 0.1) is 41.4 Å². The number of hydrogen-bond acceptors (Lipinski definition) is 17. The van der Waals surface area contributed by atoms with Crippen LogP contribution in [0.15, 0.2) is 0 Å². The quantitative estimate of drug-likeness (QED) is 0.0549. The van der Waals surface area contributed by atoms with Crippen molar-refractivity contribution in [1.82, 2.24) is 31.9 Å². The third-order valence-electron chi connectivity index (χ3n) is 14.2. The minimum atomic E-state index is -1.41. The number of Topliss-reactive ketones (excluding diaryl/α,β-unsaturated/α-hetero) is 4. The fourth-order valence-electron chi connectivity index (χ4n) is 9.80. The van der Waals surface area contributed by atoms with Crippen molar-refractivity contribution >= 4 is 58.6 Å². The van der Waals surface area contributed by atoms with Gasteiger partial charge in [0, 0.05) is 44.1 Å². The molecule has 23 heteroatoms. The van der Waals surface area contributed by atoms with Gasteiger partial charge < -0.3 is 70.2 Å². The lowest BCUT2D eigenvalue weighted by Gasteiger charge is -2.28. The Hall–Kier alpha value is -4.78. The van der Waals surface area contributed by atoms with E-state index in [0.717, 1.165) is 19.3 Å². The summed E-state index contributed by atoms with van der Waals surface area (Å²) in [5.74, 6) is -12.8. The van der Waals surface area contributed by atoms with Crippen LogP contribution in [-0.4, -0.2) is 155 Å². The van der Waals surface area contributed by atoms with Crippen molar-refractivity contribution in [3.8, 4) is 0 Å². The van der Waals surface area contributed by atoms with E-state index in [-0.39, 0.29) is 95.4 Å². The van der Waals surface area contributed by atoms with Crippen molar-refractivity contribution in [2.45, 2.75) is 193 Å². The van der Waals surface area contributed by atoms with Gasteiger partial charge in [-0.15, -0.1) is 0 Å². The van der Waals surface area contributed by atoms with Crippen LogP contribution in [0.1, 0.15) is 144 Å². The van der Waals surface area contributed by atoms with E-state index in [1.807, 2.05) is 27.7 Å². The van der Waals surface area contributed by atoms with Crippen LogP contribution < -0.4 is 54.8 Å². The van der Waals surface area contributed by atoms with Crippen LogP contribution >= 0.6 is 0 Å². The van der Waals surface area contributed by atoms with E-state index in [0.29, 0.717) is 12.8 Å². The largest absolute Gasteiger partial charge is 0.393 e. The molecular weight excluding hydrogens is 973 g/mol. The Kier molecular flexibility index (Phi) is 30.1. The molecule has 2 fully saturated rings. The lowest BCUT2D eigenvalue weighted by molar-refractivity contribution is -0.139. The average molecular weight is 1070 g/mol. The normalized spacial score (nSPS) is 26.0. The Bertz CT molecular complexity index is 1900. The molecule has 1 aliphatic carbocycles. The summed E-state index contributed by atoms with van der Waals surface area (Å²) < 4.78 is 0. The summed E-state index contributed by atoms with van der Waals surface area (Å²) in [6, 6.07) is -6.32. The van der Waals surface area contributed by atoms with Gasteiger partial charge in [0.1, 0.15) is 18.2 Å². The number of rotatable bonds is 23. The first-order chi connectivity index (χ1) is 35.4. The smallest absolute Gasteiger partial charge is 0.243 e. The highest BCUT2D eigenvalue weighted by Crippen LogP contribution is 2.29. The molecule has 6 amide bonds. The van der Waals surface area contributed by atoms with Crippen molar-refractivity contribution in [2.75, 3.05) is 32.7 Å². The number of aliphatic hydroxyl groups excluding tert-OH is 3. The van der Waals surface area contributed by atoms with Gasteiger partial charge in [-0.2, -0.15) is 0 Å². The van der Waals surface area contributed by atoms with Gasteiger partial charge in [0.05, 0.1) is 42.2 Å². The lowest BCUT2D eigenvalue weighted by atomic mass is 9.81. The molecular formula is C52H92N10O13. The van der Waals surface area contributed by atoms with Gasteiger partial charge in [0.15, 0.2) is 23.1 Å². The molecule has 0 radical (unpaired) electrons. The molecule has 0 bridgehead atoms. The first kappa shape index (κ1) is 66.3. The molecule has 428 valence electrons. The van der Waals surface area contributed by atoms with Crippen LogP contribution in [0.5, 0.6) is 0 Å². The first-order valence-corrected chi connectivity index (χ1v) is 27.1. The fraction of sp³-hybridized carbons (Fsp3) is 0.808. The van der Waals surface area contributed by atoms with Crippen molar-refractivity contribution in [3.63, 3.8) is 0 Å². The zero-order chi connectivity index (χ0) is 56.5. The zero-order valence-corrected chi connectivity index (χ0v) is 45.2. The predicted octanol–water partition coefficient (Wildman–Crippen LogP) is -1.58. The standard InChI is InChI=1S/C52H92N10O13/c1-28(2)22-34-25-43(66)37(12-17-53)58-47(70)33(24-42(65)38(13-18-54)59-50(73)36(31(6)64)27-45(68)46(69)32-10-8-7-9-11-32)16-21-57-49(72)35(30(5)63)26-44(67)39(14-19-55)60-51(74)40(15-20-56)61-52(75)41(23-29(3)4)62-48(34)71/h28-41,46,63-64,69H,7-27,53-56H2,1-6H3,(H,57,72)(H,58,70)(H,59,73)(H,60,74)(H,61,75)(H,62,71)/t30?,31?,33-,34+,35+,36+,37+,38+,39+,40+,41+,46?/m1/s1. The van der Waals surface area contributed by atoms with Gasteiger partial charge in [0.25, 0.3) is 0 Å². The van der Waals surface area contributed by atoms with E-state index in [1.54, 1.807) is 0 Å². The molecule has 0 spiro atoms. The summed E-state index contributed by atoms with van der Waals surface area (Å²) >= 11 is 0. The number of nitrogens with one attached hydrogen (secondary N) is 6. The number of ketones is 4. The van der Waals surface area contributed by atoms with Crippen LogP contribution in [0.4, 0.5) is 0 Å². The van der Waals surface area contributed by atoms with Crippen molar-refractivity contribution in [3.05, 3.63) is 0 Å². The molecule has 23 nitrogen and oxygen atoms in total. The first-order valence-electron chi connectivity index (χ1n) is 27.1. The Morgan fingerprint density at radius 1 is 0.587 bits per heavy atom. The minimum Gasteiger partial charge on any atom is -0.393 e. The van der Waals surface area contributed by atoms with E-state index in [9.17, 15) is 63.3 Å². The van der Waals surface area contributed by atoms with Crippen LogP contribution in [0.3, 0.4) is 0 Å². The van der Waals surface area contributed by atoms with E-state index < -0.39 is 156 Å². The zero-order valence-electron chi connectivity index (χ0n) is 45.2. The van der Waals surface area contributed by atoms with Gasteiger partial charge in [-0.3, -0.25) is 47.9 Å². The summed E-state index contributed by atoms with van der Waals surface area (Å²) in [7, 11) is 0. The van der Waals surface area contributed by atoms with Crippen molar-refractivity contribution < 1.29 is 63.3 Å². The van der Waals surface area contributed by atoms with Crippen LogP contribution in [0.25, 0.3) is 0 Å². The van der Waals surface area contributed by atoms with Crippen LogP contribution in [-0.2, 0) is 47.9 Å². The van der Waals surface area contributed by atoms with Gasteiger partial charge >= 0.3 is 0 Å². The van der Waals surface area contributed by atoms with Gasteiger partial charge in [-0.25, -0.2) is 0 Å². The predicted molar refractivity (Wildman–Crippen MR) is 279 cm³/mol. The molecule has 2 rings (SSSR count). The second-order valence-corrected chi connectivity index (χ2v) is 21.6. The molecule has 3 unspecified atom stereocenters. The number of aliphatic hydroxyl groups is 3. The Morgan fingerprint density at radius 3 is 1.63 bits per heavy atom. The van der Waals surface area contributed by atoms with E-state index in [1.165, 1.54) is 13.8 Å². The molecule has 75 heavy (non-hydrogen) atoms. The average Bonchev–Trinajstić information content (AvgIpc) is 3.34. The third kappa shape index (κ3) is 22.8. The van der Waals surface area contributed by atoms with E-state index in [2.05, 4.69) is 31.9 Å². The van der Waals surface area contributed by atoms with E-state index >= 15 is 0 Å². The highest BCUT2D eigenvalue weighted by molar-refractivity contribution is 5.98. The number of nitrogens with two attached hydrogens (primary N) is 4. The van der Waals surface area contributed by atoms with Gasteiger partial charge in [0.2, 0.25) is 35.4 Å². The number of amides is 6. The molecule has 0 aromatic rings. The summed E-state index contributed by atoms with van der Waals surface area (Å²) in [5.41, 5.74) is 23.5. The molecule has 0 aromatic carbocycles. The maximum absolute atomic E-state index is 14.4. The van der Waals surface area contributed by atoms with E-state index in [4.69, 9.17) is 22.9 Å². The molecule has 12 atom stereocenters. The molecule has 17 N–H and O–H groups in total. The Balaban J connectivity index is 2.65. The second kappa shape index (κ2) is 34.1. The summed E-state index contributed by atoms with van der Waals surface area (Å²) in [4.78, 5) is 140. The minimum absolute atomic E-state index is 0.0570. The molecule has 1 heterocycles. The SMILES string of the molecule is CC(C)C[C@H]1CC(=O)[C@H](CCN)NC(=O)[C@@H](CC(=O)[C@H](CCN)NC(=O)[C@@H](CC(=O)C(O)C2CCCCC2)C(C)O)CCNC(=O)[C@H](C(C)O)CC(=O)[C@H](CCN)NC(=O)[C@H](CCN)NC(=O)[C@H](CC(C)C)NC1=O. The second-order valence-electron chi connectivity index (χ2n) is 21.6. The molecule has 1 aliphatic heterocycles. The Labute approximate surface area is 442 Å². The molecule has 0 aromatic heterocycles. The monoisotopic (exact) mass is 1060 g/mol. The van der Waals surface area contributed by atoms with Gasteiger partial charge in [-0.05, 0) is 116 Å². The number of carbonyl (C=O) groups is 10. The molecule has 2 aliphatic rings. The maximum Gasteiger partial charge on any atom is 0.243 e. The summed E-state index contributed by atoms with van der Waals surface area (Å²) in [6.07, 6.45) is -2.47. The fourth-order valence-corrected chi connectivity index (χ4v) is 9.80. The Morgan fingerprint density at radius 2 is 1.09 bits per heavy atom.